The van der Waals surface area contributed by atoms with Crippen LogP contribution in [0.3, 0.4) is 0 Å². The number of benzene rings is 8. The van der Waals surface area contributed by atoms with E-state index in [2.05, 4.69) is 243 Å². The number of hydrogen-bond acceptors (Lipinski definition) is 3. The van der Waals surface area contributed by atoms with E-state index in [-0.39, 0.29) is 21.7 Å². The lowest BCUT2D eigenvalue weighted by molar-refractivity contribution is 0.306. The lowest BCUT2D eigenvalue weighted by Crippen LogP contribution is -2.74. The topological polar surface area (TPSA) is 39.7 Å². The molecule has 0 spiro atoms. The zero-order valence-corrected chi connectivity index (χ0v) is 42.0. The van der Waals surface area contributed by atoms with Gasteiger partial charge in [0.1, 0.15) is 11.5 Å². The van der Waals surface area contributed by atoms with E-state index in [0.717, 1.165) is 44.8 Å². The summed E-state index contributed by atoms with van der Waals surface area (Å²) in [5.41, 5.74) is 12.5. The third-order valence-electron chi connectivity index (χ3n) is 15.5. The summed E-state index contributed by atoms with van der Waals surface area (Å²) in [5, 5.41) is 5.23. The highest BCUT2D eigenvalue weighted by Gasteiger charge is 2.47. The summed E-state index contributed by atoms with van der Waals surface area (Å²) >= 11 is 0. The van der Waals surface area contributed by atoms with Gasteiger partial charge in [0.25, 0.3) is 0 Å². The number of nitrogens with zero attached hydrogens (tertiary/aromatic N) is 2. The second-order valence-corrected chi connectivity index (χ2v) is 25.8. The molecule has 8 aromatic carbocycles. The van der Waals surface area contributed by atoms with Crippen LogP contribution in [0.5, 0.6) is 11.5 Å². The van der Waals surface area contributed by atoms with Crippen LogP contribution < -0.4 is 25.5 Å². The quantitative estimate of drug-likeness (QED) is 0.123. The predicted molar refractivity (Wildman–Crippen MR) is 287 cm³/mol. The maximum absolute atomic E-state index is 7.29. The molecule has 0 aliphatic carbocycles. The molecule has 10 aromatic rings. The Balaban J connectivity index is 1.23. The molecule has 4 nitrogen and oxygen atoms in total. The number of hydrogen-bond donors (Lipinski definition) is 0. The SMILES string of the molecule is CC(C)(C)c1ccc([Si](c2ccccc2)(c2ccccc2)c2ccc(C(C)(C)C)c(-c3cccc4c3oc3nc5ccccc5n34)c2)cc1-c1cccc2c1Oc1ccccc1C(C)(C)C2(C)C. The Hall–Kier alpha value is -6.95. The Morgan fingerprint density at radius 1 is 0.456 bits per heavy atom. The molecule has 1 aliphatic rings. The molecule has 0 amide bonds. The summed E-state index contributed by atoms with van der Waals surface area (Å²) in [5.74, 6) is 2.46. The number of rotatable bonds is 6. The number of oxazole rings is 1. The zero-order valence-electron chi connectivity index (χ0n) is 41.0. The van der Waals surface area contributed by atoms with Crippen molar-refractivity contribution in [3.63, 3.8) is 0 Å². The van der Waals surface area contributed by atoms with Gasteiger partial charge in [0.05, 0.1) is 16.6 Å². The van der Waals surface area contributed by atoms with Gasteiger partial charge in [0, 0.05) is 33.1 Å². The third kappa shape index (κ3) is 6.57. The smallest absolute Gasteiger partial charge is 0.307 e. The van der Waals surface area contributed by atoms with Gasteiger partial charge < -0.3 is 9.15 Å². The van der Waals surface area contributed by atoms with Crippen LogP contribution in [-0.4, -0.2) is 17.5 Å². The van der Waals surface area contributed by atoms with E-state index in [9.17, 15) is 0 Å². The van der Waals surface area contributed by atoms with Gasteiger partial charge in [-0.3, -0.25) is 4.40 Å². The summed E-state index contributed by atoms with van der Waals surface area (Å²) in [6.07, 6.45) is 0. The standard InChI is InChI=1S/C63H60N2O2Si/c1-60(2,3)49-37-35-43(39-47(49)45-27-21-30-52-57(45)66-56-34-20-17-29-51(56)62(7,8)63(52,9)10)68(41-23-13-11-14-24-41,42-25-15-12-16-26-42)44-36-38-50(61(4,5)6)48(40-44)46-28-22-33-55-58(46)67-59-64-53-31-18-19-32-54(53)65(55)59/h11-40H,1-10H3. The van der Waals surface area contributed by atoms with E-state index >= 15 is 0 Å². The minimum Gasteiger partial charge on any atom is -0.456 e. The lowest BCUT2D eigenvalue weighted by atomic mass is 9.61. The highest BCUT2D eigenvalue weighted by Crippen LogP contribution is 2.55. The first-order chi connectivity index (χ1) is 32.5. The summed E-state index contributed by atoms with van der Waals surface area (Å²) < 4.78 is 16.3. The molecule has 68 heavy (non-hydrogen) atoms. The van der Waals surface area contributed by atoms with Crippen molar-refractivity contribution in [3.05, 3.63) is 204 Å². The second-order valence-electron chi connectivity index (χ2n) is 22.0. The van der Waals surface area contributed by atoms with Crippen LogP contribution in [-0.2, 0) is 21.7 Å². The fraction of sp³-hybridized carbons (Fsp3) is 0.222. The van der Waals surface area contributed by atoms with Crippen molar-refractivity contribution in [1.29, 1.82) is 0 Å². The van der Waals surface area contributed by atoms with Gasteiger partial charge in [-0.2, -0.15) is 4.98 Å². The van der Waals surface area contributed by atoms with Crippen LogP contribution in [0.1, 0.15) is 91.5 Å². The van der Waals surface area contributed by atoms with Gasteiger partial charge >= 0.3 is 5.84 Å². The Labute approximate surface area is 402 Å². The number of imidazole rings is 1. The minimum atomic E-state index is -3.16. The average molecular weight is 905 g/mol. The first-order valence-electron chi connectivity index (χ1n) is 24.1. The molecule has 0 bridgehead atoms. The van der Waals surface area contributed by atoms with E-state index in [1.165, 1.54) is 54.1 Å². The maximum Gasteiger partial charge on any atom is 0.307 e. The molecule has 0 fully saturated rings. The molecule has 0 atom stereocenters. The third-order valence-corrected chi connectivity index (χ3v) is 20.2. The molecule has 11 rings (SSSR count). The monoisotopic (exact) mass is 904 g/mol. The first-order valence-corrected chi connectivity index (χ1v) is 26.1. The van der Waals surface area contributed by atoms with E-state index < -0.39 is 8.07 Å². The number of aromatic nitrogens is 2. The molecular weight excluding hydrogens is 845 g/mol. The molecular formula is C63H60N2O2Si. The number of ether oxygens (including phenoxy) is 1. The zero-order chi connectivity index (χ0) is 47.4. The first kappa shape index (κ1) is 43.6. The summed E-state index contributed by atoms with van der Waals surface area (Å²) in [6, 6.07) is 67.6. The summed E-state index contributed by atoms with van der Waals surface area (Å²) in [7, 11) is -3.16. The number of para-hydroxylation sites is 5. The van der Waals surface area contributed by atoms with Crippen LogP contribution in [0.2, 0.25) is 0 Å². The second kappa shape index (κ2) is 15.5. The van der Waals surface area contributed by atoms with E-state index in [1.807, 2.05) is 12.1 Å². The Morgan fingerprint density at radius 2 is 0.956 bits per heavy atom. The maximum atomic E-state index is 7.29. The van der Waals surface area contributed by atoms with Gasteiger partial charge in [-0.25, -0.2) is 0 Å². The van der Waals surface area contributed by atoms with Crippen LogP contribution in [0.4, 0.5) is 0 Å². The fourth-order valence-corrected chi connectivity index (χ4v) is 16.1. The minimum absolute atomic E-state index is 0.174. The molecule has 0 N–H and O–H groups in total. The molecule has 0 saturated heterocycles. The molecule has 0 radical (unpaired) electrons. The molecule has 2 aromatic heterocycles. The summed E-state index contributed by atoms with van der Waals surface area (Å²) in [4.78, 5) is 4.94. The molecule has 3 heterocycles. The van der Waals surface area contributed by atoms with Crippen LogP contribution in [0.25, 0.3) is 50.2 Å². The van der Waals surface area contributed by atoms with E-state index in [1.54, 1.807) is 0 Å². The van der Waals surface area contributed by atoms with Crippen molar-refractivity contribution < 1.29 is 9.15 Å². The van der Waals surface area contributed by atoms with Gasteiger partial charge in [0.2, 0.25) is 0 Å². The van der Waals surface area contributed by atoms with Crippen molar-refractivity contribution >= 4 is 56.8 Å². The van der Waals surface area contributed by atoms with Crippen molar-refractivity contribution in [2.75, 3.05) is 0 Å². The Kier molecular flexibility index (Phi) is 9.97. The van der Waals surface area contributed by atoms with Gasteiger partial charge in [-0.1, -0.05) is 227 Å². The molecule has 0 unspecified atom stereocenters. The highest BCUT2D eigenvalue weighted by molar-refractivity contribution is 7.20. The van der Waals surface area contributed by atoms with E-state index in [4.69, 9.17) is 14.1 Å². The van der Waals surface area contributed by atoms with E-state index in [0.29, 0.717) is 5.84 Å². The average Bonchev–Trinajstić information content (AvgIpc) is 3.87. The largest absolute Gasteiger partial charge is 0.456 e. The Morgan fingerprint density at radius 3 is 1.59 bits per heavy atom. The fourth-order valence-electron chi connectivity index (χ4n) is 11.3. The van der Waals surface area contributed by atoms with Crippen LogP contribution in [0, 0.1) is 0 Å². The Bertz CT molecular complexity index is 3520. The van der Waals surface area contributed by atoms with Crippen molar-refractivity contribution in [1.82, 2.24) is 9.38 Å². The van der Waals surface area contributed by atoms with Gasteiger partial charge in [-0.05, 0) is 78.1 Å². The van der Waals surface area contributed by atoms with Gasteiger partial charge in [0.15, 0.2) is 13.7 Å². The molecule has 0 saturated carbocycles. The number of fused-ring (bicyclic) bond motifs is 7. The molecule has 5 heteroatoms. The van der Waals surface area contributed by atoms with Gasteiger partial charge in [-0.15, -0.1) is 0 Å². The van der Waals surface area contributed by atoms with Crippen LogP contribution >= 0.6 is 0 Å². The molecule has 338 valence electrons. The van der Waals surface area contributed by atoms with Crippen molar-refractivity contribution in [3.8, 4) is 33.8 Å². The van der Waals surface area contributed by atoms with Crippen molar-refractivity contribution in [2.45, 2.75) is 90.9 Å². The predicted octanol–water partition coefficient (Wildman–Crippen LogP) is 13.9. The highest BCUT2D eigenvalue weighted by atomic mass is 28.3. The normalized spacial score (nSPS) is 14.7. The summed E-state index contributed by atoms with van der Waals surface area (Å²) in [6.45, 7) is 23.4. The molecule has 1 aliphatic heterocycles. The van der Waals surface area contributed by atoms with Crippen LogP contribution in [0.15, 0.2) is 186 Å². The van der Waals surface area contributed by atoms with Crippen molar-refractivity contribution in [2.24, 2.45) is 0 Å². The lowest BCUT2D eigenvalue weighted by Gasteiger charge is -2.41.